The predicted molar refractivity (Wildman–Crippen MR) is 112 cm³/mol. The van der Waals surface area contributed by atoms with Gasteiger partial charge in [0.2, 0.25) is 0 Å². The molecule has 3 aromatic rings. The number of aromatic nitrogens is 1. The monoisotopic (exact) mass is 428 g/mol. The highest BCUT2D eigenvalue weighted by Crippen LogP contribution is 2.21. The van der Waals surface area contributed by atoms with Crippen LogP contribution in [-0.4, -0.2) is 32.1 Å². The number of nitrogens with zero attached hydrogens (tertiary/aromatic N) is 3. The van der Waals surface area contributed by atoms with Crippen LogP contribution in [0.2, 0.25) is 5.02 Å². The highest BCUT2D eigenvalue weighted by Gasteiger charge is 2.27. The maximum atomic E-state index is 13.1. The third kappa shape index (κ3) is 5.40. The van der Waals surface area contributed by atoms with E-state index in [4.69, 9.17) is 11.6 Å². The molecule has 0 radical (unpaired) electrons. The average Bonchev–Trinajstić information content (AvgIpc) is 2.73. The van der Waals surface area contributed by atoms with Gasteiger partial charge in [-0.3, -0.25) is 4.79 Å². The number of hydrazone groups is 1. The van der Waals surface area contributed by atoms with Gasteiger partial charge >= 0.3 is 0 Å². The zero-order chi connectivity index (χ0) is 20.7. The molecular formula is C20H17ClN4O3S. The number of carbonyl (C=O) groups excluding carboxylic acids is 1. The summed E-state index contributed by atoms with van der Waals surface area (Å²) in [5.41, 5.74) is 3.02. The molecule has 29 heavy (non-hydrogen) atoms. The van der Waals surface area contributed by atoms with Crippen LogP contribution in [0.5, 0.6) is 0 Å². The molecule has 1 aromatic heterocycles. The summed E-state index contributed by atoms with van der Waals surface area (Å²) in [6.45, 7) is -0.485. The molecule has 0 atom stereocenters. The number of amides is 1. The fraction of sp³-hybridized carbons (Fsp3) is 0.0500. The lowest BCUT2D eigenvalue weighted by Gasteiger charge is -2.22. The molecule has 3 rings (SSSR count). The molecule has 9 heteroatoms. The summed E-state index contributed by atoms with van der Waals surface area (Å²) in [5.74, 6) is -0.487. The van der Waals surface area contributed by atoms with Gasteiger partial charge in [0.15, 0.2) is 0 Å². The maximum absolute atomic E-state index is 13.1. The molecule has 0 saturated carbocycles. The van der Waals surface area contributed by atoms with Crippen molar-refractivity contribution in [3.63, 3.8) is 0 Å². The molecule has 0 unspecified atom stereocenters. The van der Waals surface area contributed by atoms with Crippen LogP contribution in [0.25, 0.3) is 0 Å². The number of nitrogens with one attached hydrogen (secondary N) is 1. The second-order valence-corrected chi connectivity index (χ2v) is 8.16. The molecule has 1 amide bonds. The summed E-state index contributed by atoms with van der Waals surface area (Å²) < 4.78 is 27.0. The largest absolute Gasteiger partial charge is 0.271 e. The van der Waals surface area contributed by atoms with Gasteiger partial charge in [-0.2, -0.15) is 5.10 Å². The molecule has 0 bridgehead atoms. The van der Waals surface area contributed by atoms with E-state index in [1.807, 2.05) is 0 Å². The minimum Gasteiger partial charge on any atom is -0.271 e. The lowest BCUT2D eigenvalue weighted by atomic mass is 10.2. The zero-order valence-corrected chi connectivity index (χ0v) is 16.7. The number of sulfonamides is 1. The first-order chi connectivity index (χ1) is 14.0. The van der Waals surface area contributed by atoms with E-state index in [0.717, 1.165) is 4.31 Å². The topological polar surface area (TPSA) is 91.7 Å². The van der Waals surface area contributed by atoms with Gasteiger partial charge in [-0.25, -0.2) is 23.1 Å². The number of anilines is 1. The summed E-state index contributed by atoms with van der Waals surface area (Å²) in [6.07, 6.45) is 2.87. The summed E-state index contributed by atoms with van der Waals surface area (Å²) in [4.78, 5) is 16.5. The highest BCUT2D eigenvalue weighted by atomic mass is 35.5. The molecule has 0 saturated heterocycles. The van der Waals surface area contributed by atoms with Crippen molar-refractivity contribution in [3.05, 3.63) is 89.6 Å². The van der Waals surface area contributed by atoms with E-state index in [9.17, 15) is 13.2 Å². The SMILES string of the molecule is O=C(CN(c1ccccn1)S(=O)(=O)c1ccccc1)N/N=C\c1cccc(Cl)c1. The lowest BCUT2D eigenvalue weighted by Crippen LogP contribution is -2.40. The van der Waals surface area contributed by atoms with Crippen molar-refractivity contribution in [1.29, 1.82) is 0 Å². The Morgan fingerprint density at radius 3 is 2.52 bits per heavy atom. The first-order valence-electron chi connectivity index (χ1n) is 8.53. The van der Waals surface area contributed by atoms with Crippen LogP contribution in [0.1, 0.15) is 5.56 Å². The average molecular weight is 429 g/mol. The first-order valence-corrected chi connectivity index (χ1v) is 10.3. The van der Waals surface area contributed by atoms with Gasteiger partial charge in [-0.15, -0.1) is 0 Å². The second kappa shape index (κ2) is 9.31. The number of hydrogen-bond donors (Lipinski definition) is 1. The highest BCUT2D eigenvalue weighted by molar-refractivity contribution is 7.92. The van der Waals surface area contributed by atoms with E-state index in [1.54, 1.807) is 54.6 Å². The molecule has 0 aliphatic heterocycles. The van der Waals surface area contributed by atoms with Crippen LogP contribution in [0, 0.1) is 0 Å². The molecule has 0 spiro atoms. The summed E-state index contributed by atoms with van der Waals surface area (Å²) in [7, 11) is -3.99. The third-order valence-corrected chi connectivity index (χ3v) is 5.77. The molecule has 148 valence electrons. The minimum absolute atomic E-state index is 0.0564. The minimum atomic E-state index is -3.99. The normalized spacial score (nSPS) is 11.3. The van der Waals surface area contributed by atoms with Gasteiger partial charge < -0.3 is 0 Å². The van der Waals surface area contributed by atoms with E-state index in [1.165, 1.54) is 30.6 Å². The Bertz CT molecular complexity index is 1110. The van der Waals surface area contributed by atoms with Crippen molar-refractivity contribution >= 4 is 39.6 Å². The van der Waals surface area contributed by atoms with E-state index >= 15 is 0 Å². The number of halogens is 1. The Hall–Kier alpha value is -3.23. The Morgan fingerprint density at radius 1 is 1.07 bits per heavy atom. The molecule has 7 nitrogen and oxygen atoms in total. The summed E-state index contributed by atoms with van der Waals surface area (Å²) in [5, 5.41) is 4.40. The van der Waals surface area contributed by atoms with Crippen LogP contribution in [0.3, 0.4) is 0 Å². The molecule has 0 aliphatic carbocycles. The quantitative estimate of drug-likeness (QED) is 0.462. The van der Waals surface area contributed by atoms with Gasteiger partial charge in [0.1, 0.15) is 12.4 Å². The standard InChI is InChI=1S/C20H17ClN4O3S/c21-17-8-6-7-16(13-17)14-23-24-20(26)15-25(19-11-4-5-12-22-19)29(27,28)18-9-2-1-3-10-18/h1-14H,15H2,(H,24,26)/b23-14-. The van der Waals surface area contributed by atoms with Crippen molar-refractivity contribution in [2.45, 2.75) is 4.90 Å². The predicted octanol–water partition coefficient (Wildman–Crippen LogP) is 3.08. The van der Waals surface area contributed by atoms with Crippen LogP contribution in [0.4, 0.5) is 5.82 Å². The Labute approximate surface area is 173 Å². The maximum Gasteiger partial charge on any atom is 0.265 e. The fourth-order valence-corrected chi connectivity index (χ4v) is 4.04. The summed E-state index contributed by atoms with van der Waals surface area (Å²) in [6, 6.07) is 19.6. The van der Waals surface area contributed by atoms with E-state index in [2.05, 4.69) is 15.5 Å². The van der Waals surface area contributed by atoms with Crippen molar-refractivity contribution < 1.29 is 13.2 Å². The van der Waals surface area contributed by atoms with Crippen molar-refractivity contribution in [1.82, 2.24) is 10.4 Å². The Kier molecular flexibility index (Phi) is 6.58. The van der Waals surface area contributed by atoms with Gasteiger partial charge in [0.25, 0.3) is 15.9 Å². The fourth-order valence-electron chi connectivity index (χ4n) is 2.44. The Morgan fingerprint density at radius 2 is 1.83 bits per heavy atom. The lowest BCUT2D eigenvalue weighted by molar-refractivity contribution is -0.119. The molecule has 1 heterocycles. The number of benzene rings is 2. The van der Waals surface area contributed by atoms with Crippen molar-refractivity contribution in [2.24, 2.45) is 5.10 Å². The van der Waals surface area contributed by atoms with Crippen LogP contribution in [-0.2, 0) is 14.8 Å². The first kappa shape index (κ1) is 20.5. The molecule has 0 aliphatic rings. The third-order valence-electron chi connectivity index (χ3n) is 3.77. The van der Waals surface area contributed by atoms with E-state index in [0.29, 0.717) is 10.6 Å². The number of pyridine rings is 1. The Balaban J connectivity index is 1.79. The zero-order valence-electron chi connectivity index (χ0n) is 15.1. The van der Waals surface area contributed by atoms with Crippen LogP contribution in [0.15, 0.2) is 89.0 Å². The smallest absolute Gasteiger partial charge is 0.265 e. The van der Waals surface area contributed by atoms with E-state index < -0.39 is 22.5 Å². The van der Waals surface area contributed by atoms with Crippen molar-refractivity contribution in [2.75, 3.05) is 10.8 Å². The number of carbonyl (C=O) groups is 1. The van der Waals surface area contributed by atoms with E-state index in [-0.39, 0.29) is 10.7 Å². The number of rotatable bonds is 7. The van der Waals surface area contributed by atoms with Gasteiger partial charge in [0, 0.05) is 11.2 Å². The molecule has 0 fully saturated rings. The van der Waals surface area contributed by atoms with Crippen molar-refractivity contribution in [3.8, 4) is 0 Å². The van der Waals surface area contributed by atoms with Gasteiger partial charge in [-0.05, 0) is 42.0 Å². The van der Waals surface area contributed by atoms with Gasteiger partial charge in [0.05, 0.1) is 11.1 Å². The number of hydrogen-bond acceptors (Lipinski definition) is 5. The molecule has 2 aromatic carbocycles. The second-order valence-electron chi connectivity index (χ2n) is 5.86. The van der Waals surface area contributed by atoms with Gasteiger partial charge in [-0.1, -0.05) is 48.0 Å². The molecular weight excluding hydrogens is 412 g/mol. The molecule has 1 N–H and O–H groups in total. The summed E-state index contributed by atoms with van der Waals surface area (Å²) >= 11 is 5.90. The van der Waals surface area contributed by atoms with Crippen LogP contribution < -0.4 is 9.73 Å². The van der Waals surface area contributed by atoms with Crippen LogP contribution >= 0.6 is 11.6 Å².